The zero-order chi connectivity index (χ0) is 17.8. The van der Waals surface area contributed by atoms with Gasteiger partial charge in [0.25, 0.3) is 5.91 Å². The van der Waals surface area contributed by atoms with E-state index < -0.39 is 18.2 Å². The Balaban J connectivity index is 1.39. The van der Waals surface area contributed by atoms with E-state index in [1.54, 1.807) is 4.90 Å². The van der Waals surface area contributed by atoms with Gasteiger partial charge < -0.3 is 19.6 Å². The maximum absolute atomic E-state index is 12.4. The summed E-state index contributed by atoms with van der Waals surface area (Å²) in [5, 5.41) is 8.95. The highest BCUT2D eigenvalue weighted by atomic mass is 16.5. The average molecular weight is 352 g/mol. The molecule has 2 amide bonds. The fourth-order valence-corrected chi connectivity index (χ4v) is 4.17. The molecular weight excluding hydrogens is 324 g/mol. The molecule has 3 aliphatic rings. The number of rotatable bonds is 5. The Kier molecular flexibility index (Phi) is 5.93. The topological polar surface area (TPSA) is 87.2 Å². The molecule has 3 rings (SSSR count). The van der Waals surface area contributed by atoms with Gasteiger partial charge in [-0.2, -0.15) is 0 Å². The molecule has 0 unspecified atom stereocenters. The first-order chi connectivity index (χ1) is 12.0. The van der Waals surface area contributed by atoms with Gasteiger partial charge in [-0.25, -0.2) is 4.79 Å². The maximum Gasteiger partial charge on any atom is 0.332 e. The van der Waals surface area contributed by atoms with Crippen molar-refractivity contribution in [2.45, 2.75) is 63.6 Å². The van der Waals surface area contributed by atoms with E-state index in [-0.39, 0.29) is 11.8 Å². The Morgan fingerprint density at radius 2 is 1.48 bits per heavy atom. The molecule has 2 heterocycles. The third-order valence-electron chi connectivity index (χ3n) is 5.76. The molecule has 1 N–H and O–H groups in total. The normalized spacial score (nSPS) is 27.7. The highest BCUT2D eigenvalue weighted by Gasteiger charge is 2.37. The largest absolute Gasteiger partial charge is 0.479 e. The molecule has 2 atom stereocenters. The highest BCUT2D eigenvalue weighted by Crippen LogP contribution is 2.29. The lowest BCUT2D eigenvalue weighted by atomic mass is 10.0. The minimum atomic E-state index is -1.01. The van der Waals surface area contributed by atoms with Crippen molar-refractivity contribution in [1.82, 2.24) is 9.80 Å². The molecule has 0 bridgehead atoms. The first-order valence-electron chi connectivity index (χ1n) is 9.49. The fraction of sp³-hybridized carbons (Fsp3) is 0.833. The Bertz CT molecular complexity index is 510. The Morgan fingerprint density at radius 1 is 0.880 bits per heavy atom. The molecule has 0 aromatic carbocycles. The van der Waals surface area contributed by atoms with E-state index in [2.05, 4.69) is 0 Å². The van der Waals surface area contributed by atoms with Crippen LogP contribution in [-0.2, 0) is 19.1 Å². The molecule has 0 aromatic heterocycles. The number of amides is 2. The van der Waals surface area contributed by atoms with Crippen LogP contribution in [-0.4, -0.2) is 71.1 Å². The molecule has 0 radical (unpaired) electrons. The molecule has 7 heteroatoms. The molecule has 3 fully saturated rings. The number of carboxylic acids is 1. The van der Waals surface area contributed by atoms with Gasteiger partial charge in [0.2, 0.25) is 5.91 Å². The molecule has 0 spiro atoms. The molecule has 0 aromatic rings. The predicted molar refractivity (Wildman–Crippen MR) is 89.9 cm³/mol. The minimum absolute atomic E-state index is 0.137. The summed E-state index contributed by atoms with van der Waals surface area (Å²) in [4.78, 5) is 39.3. The molecule has 1 aliphatic carbocycles. The Morgan fingerprint density at radius 3 is 2.08 bits per heavy atom. The third-order valence-corrected chi connectivity index (χ3v) is 5.76. The van der Waals surface area contributed by atoms with Gasteiger partial charge in [-0.05, 0) is 25.2 Å². The van der Waals surface area contributed by atoms with E-state index in [1.807, 2.05) is 4.90 Å². The second-order valence-corrected chi connectivity index (χ2v) is 7.42. The Labute approximate surface area is 148 Å². The number of carbonyl (C=O) groups is 3. The molecule has 2 saturated heterocycles. The maximum atomic E-state index is 12.4. The van der Waals surface area contributed by atoms with Crippen LogP contribution >= 0.6 is 0 Å². The minimum Gasteiger partial charge on any atom is -0.479 e. The van der Waals surface area contributed by atoms with Crippen molar-refractivity contribution in [1.29, 1.82) is 0 Å². The van der Waals surface area contributed by atoms with Gasteiger partial charge >= 0.3 is 5.97 Å². The van der Waals surface area contributed by atoms with Crippen molar-refractivity contribution in [3.8, 4) is 0 Å². The van der Waals surface area contributed by atoms with Crippen LogP contribution in [0.1, 0.15) is 51.4 Å². The van der Waals surface area contributed by atoms with E-state index in [9.17, 15) is 14.4 Å². The first kappa shape index (κ1) is 18.2. The number of aliphatic carboxylic acids is 1. The molecule has 7 nitrogen and oxygen atoms in total. The second kappa shape index (κ2) is 8.17. The van der Waals surface area contributed by atoms with Crippen molar-refractivity contribution in [2.75, 3.05) is 26.2 Å². The number of carboxylic acid groups (broad SMARTS) is 1. The first-order valence-corrected chi connectivity index (χ1v) is 9.49. The fourth-order valence-electron chi connectivity index (χ4n) is 4.17. The zero-order valence-corrected chi connectivity index (χ0v) is 14.7. The molecule has 140 valence electrons. The third kappa shape index (κ3) is 4.51. The van der Waals surface area contributed by atoms with Crippen LogP contribution in [0, 0.1) is 5.92 Å². The van der Waals surface area contributed by atoms with Crippen LogP contribution in [0.15, 0.2) is 0 Å². The smallest absolute Gasteiger partial charge is 0.332 e. The van der Waals surface area contributed by atoms with Crippen molar-refractivity contribution in [2.24, 2.45) is 5.92 Å². The average Bonchev–Trinajstić information content (AvgIpc) is 3.30. The van der Waals surface area contributed by atoms with E-state index in [4.69, 9.17) is 9.84 Å². The number of carbonyl (C=O) groups excluding carboxylic acids is 2. The standard InChI is InChI=1S/C18H28N2O5/c21-16(8-5-13-3-1-2-4-13)19-9-11-20(12-10-19)17(22)14-6-7-15(25-14)18(23)24/h13-15H,1-12H2,(H,23,24)/t14-,15+/m0/s1. The van der Waals surface area contributed by atoms with Gasteiger partial charge in [-0.3, -0.25) is 9.59 Å². The lowest BCUT2D eigenvalue weighted by molar-refractivity contribution is -0.156. The quantitative estimate of drug-likeness (QED) is 0.805. The summed E-state index contributed by atoms with van der Waals surface area (Å²) in [5.74, 6) is -0.231. The van der Waals surface area contributed by atoms with Crippen LogP contribution in [0.25, 0.3) is 0 Å². The van der Waals surface area contributed by atoms with Gasteiger partial charge in [-0.15, -0.1) is 0 Å². The van der Waals surface area contributed by atoms with E-state index >= 15 is 0 Å². The SMILES string of the molecule is O=C(O)[C@H]1CC[C@@H](C(=O)N2CCN(C(=O)CCC3CCCC3)CC2)O1. The van der Waals surface area contributed by atoms with Crippen LogP contribution < -0.4 is 0 Å². The summed E-state index contributed by atoms with van der Waals surface area (Å²) in [6, 6.07) is 0. The van der Waals surface area contributed by atoms with Gasteiger partial charge in [0.05, 0.1) is 0 Å². The summed E-state index contributed by atoms with van der Waals surface area (Å²) < 4.78 is 5.34. The van der Waals surface area contributed by atoms with Gasteiger partial charge in [0.15, 0.2) is 6.10 Å². The van der Waals surface area contributed by atoms with Gasteiger partial charge in [0.1, 0.15) is 6.10 Å². The number of hydrogen-bond donors (Lipinski definition) is 1. The molecule has 1 saturated carbocycles. The van der Waals surface area contributed by atoms with Crippen molar-refractivity contribution >= 4 is 17.8 Å². The van der Waals surface area contributed by atoms with Crippen molar-refractivity contribution in [3.05, 3.63) is 0 Å². The van der Waals surface area contributed by atoms with E-state index in [0.717, 1.165) is 6.42 Å². The summed E-state index contributed by atoms with van der Waals surface area (Å²) in [5.41, 5.74) is 0. The second-order valence-electron chi connectivity index (χ2n) is 7.42. The monoisotopic (exact) mass is 352 g/mol. The summed E-state index contributed by atoms with van der Waals surface area (Å²) in [6.45, 7) is 2.13. The summed E-state index contributed by atoms with van der Waals surface area (Å²) in [6.07, 6.45) is 6.04. The van der Waals surface area contributed by atoms with Crippen LogP contribution in [0.3, 0.4) is 0 Å². The van der Waals surface area contributed by atoms with Gasteiger partial charge in [0, 0.05) is 32.6 Å². The van der Waals surface area contributed by atoms with Crippen LogP contribution in [0.2, 0.25) is 0 Å². The highest BCUT2D eigenvalue weighted by molar-refractivity contribution is 5.83. The summed E-state index contributed by atoms with van der Waals surface area (Å²) >= 11 is 0. The zero-order valence-electron chi connectivity index (χ0n) is 14.7. The predicted octanol–water partition coefficient (Wildman–Crippen LogP) is 1.26. The Hall–Kier alpha value is -1.63. The van der Waals surface area contributed by atoms with Gasteiger partial charge in [-0.1, -0.05) is 25.7 Å². The summed E-state index contributed by atoms with van der Waals surface area (Å²) in [7, 11) is 0. The van der Waals surface area contributed by atoms with Crippen LogP contribution in [0.4, 0.5) is 0 Å². The number of nitrogens with zero attached hydrogens (tertiary/aromatic N) is 2. The molecule has 2 aliphatic heterocycles. The lowest BCUT2D eigenvalue weighted by Gasteiger charge is -2.36. The van der Waals surface area contributed by atoms with E-state index in [1.165, 1.54) is 25.7 Å². The number of hydrogen-bond acceptors (Lipinski definition) is 4. The number of piperazine rings is 1. The molecular formula is C18H28N2O5. The van der Waals surface area contributed by atoms with Crippen molar-refractivity contribution in [3.63, 3.8) is 0 Å². The molecule has 25 heavy (non-hydrogen) atoms. The lowest BCUT2D eigenvalue weighted by Crippen LogP contribution is -2.53. The van der Waals surface area contributed by atoms with Crippen LogP contribution in [0.5, 0.6) is 0 Å². The van der Waals surface area contributed by atoms with Crippen molar-refractivity contribution < 1.29 is 24.2 Å². The number of ether oxygens (including phenoxy) is 1. The van der Waals surface area contributed by atoms with E-state index in [0.29, 0.717) is 51.4 Å².